The Hall–Kier alpha value is -4.15. The van der Waals surface area contributed by atoms with Crippen molar-refractivity contribution in [3.8, 4) is 0 Å². The number of benzene rings is 2. The number of carbonyl (C=O) groups excluding carboxylic acids is 2. The molecule has 11 heteroatoms. The van der Waals surface area contributed by atoms with Gasteiger partial charge in [0.15, 0.2) is 5.82 Å². The van der Waals surface area contributed by atoms with Crippen molar-refractivity contribution in [2.45, 2.75) is 64.8 Å². The Kier molecular flexibility index (Phi) is 12.8. The fourth-order valence-corrected chi connectivity index (χ4v) is 8.40. The van der Waals surface area contributed by atoms with Crippen LogP contribution in [-0.4, -0.2) is 66.0 Å². The van der Waals surface area contributed by atoms with E-state index in [9.17, 15) is 9.59 Å². The van der Waals surface area contributed by atoms with Crippen LogP contribution in [0.25, 0.3) is 0 Å². The Morgan fingerprint density at radius 2 is 1.84 bits per heavy atom. The largest absolute Gasteiger partial charge is 0.369 e. The third kappa shape index (κ3) is 10.5. The lowest BCUT2D eigenvalue weighted by molar-refractivity contribution is -0.123. The monoisotopic (exact) mass is 712 g/mol. The third-order valence-electron chi connectivity index (χ3n) is 11.0. The molecule has 3 aromatic rings. The minimum atomic E-state index is -0.258. The van der Waals surface area contributed by atoms with Crippen LogP contribution in [-0.2, 0) is 16.1 Å². The number of nitrogens with one attached hydrogen (secondary N) is 4. The maximum Gasteiger partial charge on any atom is 0.247 e. The van der Waals surface area contributed by atoms with Crippen molar-refractivity contribution in [2.75, 3.05) is 60.1 Å². The molecule has 2 heterocycles. The summed E-state index contributed by atoms with van der Waals surface area (Å²) in [7, 11) is 0. The SMILES string of the molecule is C=CC(=O)Nc1cccc(CNc2nc(Nc3ccc(N4CCN(CCCCNC(=O)CC5[C@H]6CCC[C@H](C6)C[C@@H]5C)CC4)cc3)ncc2Cl)c1. The van der Waals surface area contributed by atoms with Crippen LogP contribution in [0.2, 0.25) is 5.02 Å². The number of anilines is 5. The molecule has 1 aliphatic heterocycles. The second-order valence-electron chi connectivity index (χ2n) is 14.6. The summed E-state index contributed by atoms with van der Waals surface area (Å²) in [6, 6.07) is 15.9. The maximum absolute atomic E-state index is 12.7. The highest BCUT2D eigenvalue weighted by Gasteiger charge is 2.38. The number of carbonyl (C=O) groups is 2. The standard InChI is InChI=1S/C40H53ClN8O2/c1-3-37(50)45-33-11-7-9-30(24-33)26-43-39-36(41)27-44-40(47-39)46-32-12-14-34(15-13-32)49-20-18-48(19-21-49)17-5-4-16-42-38(51)25-35-28(2)22-29-8-6-10-31(35)23-29/h3,7,9,11-15,24,27-29,31,35H,1,4-6,8,10,16-23,25-26H2,2H3,(H,42,51)(H,45,50)(H2,43,44,46,47)/t28-,29-,31-,35?/m0/s1. The van der Waals surface area contributed by atoms with Gasteiger partial charge in [0.2, 0.25) is 17.8 Å². The maximum atomic E-state index is 12.7. The number of rotatable bonds is 15. The molecule has 2 saturated carbocycles. The van der Waals surface area contributed by atoms with E-state index < -0.39 is 0 Å². The lowest BCUT2D eigenvalue weighted by Crippen LogP contribution is -2.46. The Morgan fingerprint density at radius 3 is 2.65 bits per heavy atom. The molecule has 10 nitrogen and oxygen atoms in total. The Balaban J connectivity index is 0.884. The smallest absolute Gasteiger partial charge is 0.247 e. The molecule has 1 saturated heterocycles. The van der Waals surface area contributed by atoms with Gasteiger partial charge in [-0.2, -0.15) is 4.98 Å². The van der Waals surface area contributed by atoms with Crippen LogP contribution in [0.15, 0.2) is 67.4 Å². The molecule has 2 amide bonds. The number of fused-ring (bicyclic) bond motifs is 2. The summed E-state index contributed by atoms with van der Waals surface area (Å²) in [4.78, 5) is 38.3. The molecule has 272 valence electrons. The Bertz CT molecular complexity index is 1620. The molecule has 4 atom stereocenters. The summed E-state index contributed by atoms with van der Waals surface area (Å²) in [6.45, 7) is 12.3. The lowest BCUT2D eigenvalue weighted by atomic mass is 9.62. The predicted octanol–water partition coefficient (Wildman–Crippen LogP) is 7.48. The molecule has 6 rings (SSSR count). The van der Waals surface area contributed by atoms with E-state index in [0.717, 1.165) is 81.6 Å². The average molecular weight is 713 g/mol. The molecule has 0 radical (unpaired) electrons. The van der Waals surface area contributed by atoms with Crippen molar-refractivity contribution in [2.24, 2.45) is 23.7 Å². The minimum Gasteiger partial charge on any atom is -0.369 e. The van der Waals surface area contributed by atoms with Crippen molar-refractivity contribution in [3.05, 3.63) is 78.0 Å². The van der Waals surface area contributed by atoms with Gasteiger partial charge in [0.25, 0.3) is 0 Å². The summed E-state index contributed by atoms with van der Waals surface area (Å²) in [5.41, 5.74) is 3.73. The molecule has 1 unspecified atom stereocenters. The first-order valence-electron chi connectivity index (χ1n) is 18.7. The molecule has 1 aromatic heterocycles. The highest BCUT2D eigenvalue weighted by molar-refractivity contribution is 6.32. The van der Waals surface area contributed by atoms with Crippen LogP contribution < -0.4 is 26.2 Å². The molecule has 0 spiro atoms. The molecule has 3 aliphatic rings. The predicted molar refractivity (Wildman–Crippen MR) is 208 cm³/mol. The van der Waals surface area contributed by atoms with Gasteiger partial charge in [-0.25, -0.2) is 4.98 Å². The Labute approximate surface area is 307 Å². The van der Waals surface area contributed by atoms with E-state index >= 15 is 0 Å². The van der Waals surface area contributed by atoms with Crippen molar-refractivity contribution < 1.29 is 9.59 Å². The van der Waals surface area contributed by atoms with Gasteiger partial charge in [-0.15, -0.1) is 0 Å². The zero-order chi connectivity index (χ0) is 35.6. The summed E-state index contributed by atoms with van der Waals surface area (Å²) in [5.74, 6) is 3.93. The quantitative estimate of drug-likeness (QED) is 0.0948. The van der Waals surface area contributed by atoms with E-state index in [2.05, 4.69) is 66.7 Å². The highest BCUT2D eigenvalue weighted by Crippen LogP contribution is 2.47. The fourth-order valence-electron chi connectivity index (χ4n) is 8.25. The second kappa shape index (κ2) is 17.9. The number of aromatic nitrogens is 2. The number of halogens is 1. The van der Waals surface area contributed by atoms with Gasteiger partial charge in [0.1, 0.15) is 5.02 Å². The number of unbranched alkanes of at least 4 members (excludes halogenated alkanes) is 1. The van der Waals surface area contributed by atoms with E-state index in [-0.39, 0.29) is 11.8 Å². The van der Waals surface area contributed by atoms with Gasteiger partial charge < -0.3 is 26.2 Å². The number of amides is 2. The van der Waals surface area contributed by atoms with Crippen LogP contribution in [0.4, 0.5) is 28.8 Å². The van der Waals surface area contributed by atoms with E-state index in [1.165, 1.54) is 43.9 Å². The van der Waals surface area contributed by atoms with Crippen LogP contribution in [0.5, 0.6) is 0 Å². The zero-order valence-electron chi connectivity index (χ0n) is 29.9. The topological polar surface area (TPSA) is 115 Å². The van der Waals surface area contributed by atoms with Crippen LogP contribution >= 0.6 is 11.6 Å². The van der Waals surface area contributed by atoms with Gasteiger partial charge in [0, 0.05) is 62.8 Å². The number of nitrogens with zero attached hydrogens (tertiary/aromatic N) is 4. The van der Waals surface area contributed by atoms with E-state index in [1.807, 2.05) is 36.4 Å². The van der Waals surface area contributed by atoms with Crippen molar-refractivity contribution in [1.29, 1.82) is 0 Å². The molecule has 4 N–H and O–H groups in total. The highest BCUT2D eigenvalue weighted by atomic mass is 35.5. The second-order valence-corrected chi connectivity index (χ2v) is 15.0. The van der Waals surface area contributed by atoms with Gasteiger partial charge >= 0.3 is 0 Å². The van der Waals surface area contributed by atoms with Gasteiger partial charge in [0.05, 0.1) is 6.20 Å². The average Bonchev–Trinajstić information content (AvgIpc) is 3.14. The number of piperazine rings is 1. The zero-order valence-corrected chi connectivity index (χ0v) is 30.6. The van der Waals surface area contributed by atoms with Gasteiger partial charge in [-0.1, -0.05) is 56.5 Å². The van der Waals surface area contributed by atoms with E-state index in [4.69, 9.17) is 11.6 Å². The normalized spacial score (nSPS) is 21.8. The first-order valence-corrected chi connectivity index (χ1v) is 19.1. The van der Waals surface area contributed by atoms with Crippen molar-refractivity contribution in [3.63, 3.8) is 0 Å². The Morgan fingerprint density at radius 1 is 1.02 bits per heavy atom. The first-order chi connectivity index (χ1) is 24.8. The molecular weight excluding hydrogens is 660 g/mol. The summed E-state index contributed by atoms with van der Waals surface area (Å²) >= 11 is 6.39. The van der Waals surface area contributed by atoms with Crippen LogP contribution in [0.3, 0.4) is 0 Å². The van der Waals surface area contributed by atoms with Crippen molar-refractivity contribution >= 4 is 52.2 Å². The summed E-state index contributed by atoms with van der Waals surface area (Å²) in [5, 5.41) is 13.0. The minimum absolute atomic E-state index is 0.258. The van der Waals surface area contributed by atoms with Crippen LogP contribution in [0.1, 0.15) is 63.9 Å². The van der Waals surface area contributed by atoms with E-state index in [1.54, 1.807) is 6.20 Å². The van der Waals surface area contributed by atoms with Crippen LogP contribution in [0, 0.1) is 23.7 Å². The molecule has 2 bridgehead atoms. The van der Waals surface area contributed by atoms with Gasteiger partial charge in [-0.05, 0) is 104 Å². The molecule has 3 fully saturated rings. The third-order valence-corrected chi connectivity index (χ3v) is 11.2. The summed E-state index contributed by atoms with van der Waals surface area (Å²) in [6.07, 6.45) is 12.5. The van der Waals surface area contributed by atoms with E-state index in [0.29, 0.717) is 40.9 Å². The molecular formula is C40H53ClN8O2. The lowest BCUT2D eigenvalue weighted by Gasteiger charge is -2.44. The molecule has 2 aliphatic carbocycles. The van der Waals surface area contributed by atoms with Gasteiger partial charge in [-0.3, -0.25) is 14.5 Å². The molecule has 51 heavy (non-hydrogen) atoms. The number of hydrogen-bond donors (Lipinski definition) is 4. The van der Waals surface area contributed by atoms with Crippen molar-refractivity contribution in [1.82, 2.24) is 20.2 Å². The number of hydrogen-bond acceptors (Lipinski definition) is 8. The first kappa shape index (κ1) is 36.6. The fraction of sp³-hybridized carbons (Fsp3) is 0.500. The molecule has 2 aromatic carbocycles. The summed E-state index contributed by atoms with van der Waals surface area (Å²) < 4.78 is 0.